The molecule has 1 aliphatic heterocycles. The maximum absolute atomic E-state index is 12.5. The highest BCUT2D eigenvalue weighted by atomic mass is 32.2. The van der Waals surface area contributed by atoms with E-state index in [4.69, 9.17) is 5.26 Å². The Morgan fingerprint density at radius 2 is 2.17 bits per heavy atom. The second kappa shape index (κ2) is 5.06. The van der Waals surface area contributed by atoms with Gasteiger partial charge < -0.3 is 5.32 Å². The van der Waals surface area contributed by atoms with Gasteiger partial charge in [-0.05, 0) is 19.1 Å². The molecule has 0 radical (unpaired) electrons. The Balaban J connectivity index is 2.45. The van der Waals surface area contributed by atoms with Crippen LogP contribution < -0.4 is 5.32 Å². The summed E-state index contributed by atoms with van der Waals surface area (Å²) in [6.07, 6.45) is 0. The monoisotopic (exact) mass is 265 g/mol. The van der Waals surface area contributed by atoms with Crippen molar-refractivity contribution in [3.63, 3.8) is 0 Å². The maximum Gasteiger partial charge on any atom is 0.244 e. The molecule has 2 rings (SSSR count). The zero-order valence-electron chi connectivity index (χ0n) is 10.1. The van der Waals surface area contributed by atoms with E-state index in [1.807, 2.05) is 13.0 Å². The average Bonchev–Trinajstić information content (AvgIpc) is 2.39. The molecule has 1 aromatic carbocycles. The lowest BCUT2D eigenvalue weighted by molar-refractivity contribution is 0.284. The number of nitrogens with one attached hydrogen (secondary N) is 1. The summed E-state index contributed by atoms with van der Waals surface area (Å²) in [5.74, 6) is 0. The van der Waals surface area contributed by atoms with E-state index in [-0.39, 0.29) is 16.5 Å². The van der Waals surface area contributed by atoms with Gasteiger partial charge in [0.2, 0.25) is 10.0 Å². The molecule has 0 saturated carbocycles. The van der Waals surface area contributed by atoms with Gasteiger partial charge in [0.25, 0.3) is 0 Å². The number of nitriles is 1. The van der Waals surface area contributed by atoms with Crippen molar-refractivity contribution in [1.82, 2.24) is 9.62 Å². The largest absolute Gasteiger partial charge is 0.314 e. The maximum atomic E-state index is 12.5. The van der Waals surface area contributed by atoms with Crippen molar-refractivity contribution in [3.05, 3.63) is 29.8 Å². The van der Waals surface area contributed by atoms with Gasteiger partial charge in [-0.3, -0.25) is 0 Å². The van der Waals surface area contributed by atoms with Gasteiger partial charge in [0.15, 0.2) is 0 Å². The summed E-state index contributed by atoms with van der Waals surface area (Å²) in [6, 6.07) is 8.15. The number of rotatable bonds is 2. The van der Waals surface area contributed by atoms with Gasteiger partial charge in [0.05, 0.1) is 10.5 Å². The minimum absolute atomic E-state index is 0.0984. The third-order valence-electron chi connectivity index (χ3n) is 3.03. The Bertz CT molecular complexity index is 577. The molecule has 18 heavy (non-hydrogen) atoms. The third kappa shape index (κ3) is 2.25. The van der Waals surface area contributed by atoms with Crippen LogP contribution in [0.1, 0.15) is 12.5 Å². The standard InChI is InChI=1S/C12H15N3O2S/c1-10-9-14-6-7-15(10)18(16,17)12-5-3-2-4-11(12)8-13/h2-5,10,14H,6-7,9H2,1H3. The van der Waals surface area contributed by atoms with Crippen LogP contribution in [0, 0.1) is 11.3 Å². The van der Waals surface area contributed by atoms with Crippen molar-refractivity contribution in [2.75, 3.05) is 19.6 Å². The van der Waals surface area contributed by atoms with Crippen molar-refractivity contribution in [1.29, 1.82) is 5.26 Å². The number of hydrogen-bond donors (Lipinski definition) is 1. The number of hydrogen-bond acceptors (Lipinski definition) is 4. The van der Waals surface area contributed by atoms with Gasteiger partial charge in [0.1, 0.15) is 6.07 Å². The van der Waals surface area contributed by atoms with Crippen LogP contribution in [0.4, 0.5) is 0 Å². The summed E-state index contributed by atoms with van der Waals surface area (Å²) in [7, 11) is -3.58. The molecule has 0 aromatic heterocycles. The van der Waals surface area contributed by atoms with Crippen LogP contribution in [0.3, 0.4) is 0 Å². The topological polar surface area (TPSA) is 73.2 Å². The van der Waals surface area contributed by atoms with E-state index < -0.39 is 10.0 Å². The molecule has 6 heteroatoms. The lowest BCUT2D eigenvalue weighted by Gasteiger charge is -2.33. The minimum Gasteiger partial charge on any atom is -0.314 e. The molecule has 5 nitrogen and oxygen atoms in total. The molecule has 0 aliphatic carbocycles. The molecule has 1 heterocycles. The molecule has 0 bridgehead atoms. The molecule has 0 spiro atoms. The van der Waals surface area contributed by atoms with E-state index in [1.54, 1.807) is 12.1 Å². The fourth-order valence-corrected chi connectivity index (χ4v) is 3.86. The molecule has 1 atom stereocenters. The first-order valence-corrected chi connectivity index (χ1v) is 7.23. The van der Waals surface area contributed by atoms with Crippen LogP contribution in [-0.4, -0.2) is 38.4 Å². The first-order valence-electron chi connectivity index (χ1n) is 5.79. The second-order valence-corrected chi connectivity index (χ2v) is 6.14. The molecule has 1 unspecified atom stereocenters. The fraction of sp³-hybridized carbons (Fsp3) is 0.417. The third-order valence-corrected chi connectivity index (χ3v) is 5.11. The van der Waals surface area contributed by atoms with Crippen molar-refractivity contribution in [3.8, 4) is 6.07 Å². The molecule has 1 saturated heterocycles. The predicted molar refractivity (Wildman–Crippen MR) is 67.4 cm³/mol. The number of piperazine rings is 1. The Hall–Kier alpha value is -1.42. The highest BCUT2D eigenvalue weighted by molar-refractivity contribution is 7.89. The van der Waals surface area contributed by atoms with Crippen LogP contribution in [0.5, 0.6) is 0 Å². The number of nitrogens with zero attached hydrogens (tertiary/aromatic N) is 2. The van der Waals surface area contributed by atoms with E-state index in [9.17, 15) is 8.42 Å². The Labute approximate surface area is 107 Å². The lowest BCUT2D eigenvalue weighted by atomic mass is 10.2. The van der Waals surface area contributed by atoms with Crippen LogP contribution in [-0.2, 0) is 10.0 Å². The zero-order chi connectivity index (χ0) is 13.2. The van der Waals surface area contributed by atoms with E-state index in [0.29, 0.717) is 19.6 Å². The summed E-state index contributed by atoms with van der Waals surface area (Å²) in [4.78, 5) is 0.0984. The molecule has 1 N–H and O–H groups in total. The first kappa shape index (κ1) is 13.0. The SMILES string of the molecule is CC1CNCCN1S(=O)(=O)c1ccccc1C#N. The Kier molecular flexibility index (Phi) is 3.66. The summed E-state index contributed by atoms with van der Waals surface area (Å²) in [6.45, 7) is 3.56. The van der Waals surface area contributed by atoms with Gasteiger partial charge in [-0.2, -0.15) is 9.57 Å². The summed E-state index contributed by atoms with van der Waals surface area (Å²) < 4.78 is 26.5. The predicted octanol–water partition coefficient (Wildman–Crippen LogP) is 0.541. The molecular formula is C12H15N3O2S. The van der Waals surface area contributed by atoms with Gasteiger partial charge in [-0.15, -0.1) is 0 Å². The van der Waals surface area contributed by atoms with E-state index in [2.05, 4.69) is 5.32 Å². The molecule has 96 valence electrons. The zero-order valence-corrected chi connectivity index (χ0v) is 10.9. The highest BCUT2D eigenvalue weighted by Gasteiger charge is 2.32. The van der Waals surface area contributed by atoms with E-state index >= 15 is 0 Å². The highest BCUT2D eigenvalue weighted by Crippen LogP contribution is 2.22. The summed E-state index contributed by atoms with van der Waals surface area (Å²) in [5.41, 5.74) is 0.197. The van der Waals surface area contributed by atoms with Crippen molar-refractivity contribution >= 4 is 10.0 Å². The summed E-state index contributed by atoms with van der Waals surface area (Å²) >= 11 is 0. The van der Waals surface area contributed by atoms with Gasteiger partial charge in [0, 0.05) is 25.7 Å². The van der Waals surface area contributed by atoms with Crippen LogP contribution >= 0.6 is 0 Å². The second-order valence-electron chi connectivity index (χ2n) is 4.28. The molecule has 1 aliphatic rings. The molecule has 1 aromatic rings. The van der Waals surface area contributed by atoms with E-state index in [1.165, 1.54) is 16.4 Å². The lowest BCUT2D eigenvalue weighted by Crippen LogP contribution is -2.52. The molecular weight excluding hydrogens is 250 g/mol. The van der Waals surface area contributed by atoms with Crippen molar-refractivity contribution in [2.45, 2.75) is 17.9 Å². The normalized spacial score (nSPS) is 21.4. The van der Waals surface area contributed by atoms with Crippen molar-refractivity contribution < 1.29 is 8.42 Å². The average molecular weight is 265 g/mol. The summed E-state index contributed by atoms with van der Waals surface area (Å²) in [5, 5.41) is 12.1. The number of benzene rings is 1. The number of sulfonamides is 1. The van der Waals surface area contributed by atoms with Crippen molar-refractivity contribution in [2.24, 2.45) is 0 Å². The first-order chi connectivity index (χ1) is 8.57. The van der Waals surface area contributed by atoms with E-state index in [0.717, 1.165) is 0 Å². The van der Waals surface area contributed by atoms with Crippen LogP contribution in [0.15, 0.2) is 29.2 Å². The minimum atomic E-state index is -3.58. The van der Waals surface area contributed by atoms with Crippen LogP contribution in [0.2, 0.25) is 0 Å². The Morgan fingerprint density at radius 3 is 2.83 bits per heavy atom. The van der Waals surface area contributed by atoms with Gasteiger partial charge >= 0.3 is 0 Å². The van der Waals surface area contributed by atoms with Gasteiger partial charge in [-0.25, -0.2) is 8.42 Å². The fourth-order valence-electron chi connectivity index (χ4n) is 2.09. The Morgan fingerprint density at radius 1 is 1.44 bits per heavy atom. The smallest absolute Gasteiger partial charge is 0.244 e. The molecule has 1 fully saturated rings. The quantitative estimate of drug-likeness (QED) is 0.847. The molecule has 0 amide bonds. The van der Waals surface area contributed by atoms with Gasteiger partial charge in [-0.1, -0.05) is 12.1 Å². The van der Waals surface area contributed by atoms with Crippen LogP contribution in [0.25, 0.3) is 0 Å².